The predicted molar refractivity (Wildman–Crippen MR) is 49.3 cm³/mol. The summed E-state index contributed by atoms with van der Waals surface area (Å²) in [6.45, 7) is 3.45. The molecule has 3 nitrogen and oxygen atoms in total. The largest absolute Gasteiger partial charge is 0.466 e. The monoisotopic (exact) mass is 181 g/mol. The molecule has 2 saturated heterocycles. The summed E-state index contributed by atoms with van der Waals surface area (Å²) in [7, 11) is 1.43. The van der Waals surface area contributed by atoms with Crippen LogP contribution >= 0.6 is 0 Å². The van der Waals surface area contributed by atoms with Gasteiger partial charge in [-0.1, -0.05) is 5.57 Å². The van der Waals surface area contributed by atoms with Gasteiger partial charge in [0.25, 0.3) is 0 Å². The van der Waals surface area contributed by atoms with Gasteiger partial charge < -0.3 is 9.64 Å². The SMILES string of the molecule is COC(=O)/C=C1/CCN2CCC1C2. The second kappa shape index (κ2) is 3.50. The second-order valence-corrected chi connectivity index (χ2v) is 3.78. The van der Waals surface area contributed by atoms with E-state index in [4.69, 9.17) is 0 Å². The first-order valence-electron chi connectivity index (χ1n) is 4.80. The van der Waals surface area contributed by atoms with Crippen LogP contribution in [0, 0.1) is 5.92 Å². The molecule has 0 aliphatic carbocycles. The molecule has 2 heterocycles. The molecule has 2 bridgehead atoms. The molecule has 2 atom stereocenters. The Labute approximate surface area is 78.4 Å². The molecule has 2 aliphatic heterocycles. The third-order valence-corrected chi connectivity index (χ3v) is 3.02. The standard InChI is InChI=1S/C10H15NO2/c1-13-10(12)6-8-2-4-11-5-3-9(8)7-11/h6,9H,2-5,7H2,1H3/b8-6-. The fourth-order valence-corrected chi connectivity index (χ4v) is 2.23. The minimum absolute atomic E-state index is 0.199. The number of piperidine rings is 1. The molecular formula is C10H15NO2. The molecule has 0 spiro atoms. The zero-order valence-corrected chi connectivity index (χ0v) is 7.95. The number of carbonyl (C=O) groups is 1. The van der Waals surface area contributed by atoms with E-state index in [0.29, 0.717) is 5.92 Å². The second-order valence-electron chi connectivity index (χ2n) is 3.78. The van der Waals surface area contributed by atoms with Crippen molar-refractivity contribution in [3.8, 4) is 0 Å². The van der Waals surface area contributed by atoms with E-state index in [1.807, 2.05) is 0 Å². The number of nitrogens with zero attached hydrogens (tertiary/aromatic N) is 1. The Kier molecular flexibility index (Phi) is 2.36. The van der Waals surface area contributed by atoms with Crippen LogP contribution in [-0.4, -0.2) is 37.6 Å². The summed E-state index contributed by atoms with van der Waals surface area (Å²) in [4.78, 5) is 13.5. The van der Waals surface area contributed by atoms with E-state index < -0.39 is 0 Å². The van der Waals surface area contributed by atoms with Crippen LogP contribution in [0.3, 0.4) is 0 Å². The lowest BCUT2D eigenvalue weighted by Gasteiger charge is -2.24. The number of rotatable bonds is 1. The van der Waals surface area contributed by atoms with Gasteiger partial charge in [-0.3, -0.25) is 0 Å². The summed E-state index contributed by atoms with van der Waals surface area (Å²) in [5.41, 5.74) is 1.29. The first-order chi connectivity index (χ1) is 6.29. The van der Waals surface area contributed by atoms with Crippen LogP contribution in [0.15, 0.2) is 11.6 Å². The molecule has 2 aliphatic rings. The summed E-state index contributed by atoms with van der Waals surface area (Å²) >= 11 is 0. The van der Waals surface area contributed by atoms with Gasteiger partial charge in [0.2, 0.25) is 0 Å². The Bertz CT molecular complexity index is 247. The Morgan fingerprint density at radius 1 is 1.62 bits per heavy atom. The third-order valence-electron chi connectivity index (χ3n) is 3.02. The van der Waals surface area contributed by atoms with E-state index >= 15 is 0 Å². The molecule has 2 fully saturated rings. The molecule has 0 aromatic carbocycles. The minimum Gasteiger partial charge on any atom is -0.466 e. The summed E-state index contributed by atoms with van der Waals surface area (Å²) in [5, 5.41) is 0. The molecule has 13 heavy (non-hydrogen) atoms. The molecule has 0 aromatic rings. The molecule has 0 N–H and O–H groups in total. The van der Waals surface area contributed by atoms with Crippen molar-refractivity contribution in [1.82, 2.24) is 4.90 Å². The number of hydrogen-bond donors (Lipinski definition) is 0. The summed E-state index contributed by atoms with van der Waals surface area (Å²) in [6.07, 6.45) is 3.94. The minimum atomic E-state index is -0.199. The molecular weight excluding hydrogens is 166 g/mol. The Morgan fingerprint density at radius 3 is 3.23 bits per heavy atom. The lowest BCUT2D eigenvalue weighted by Crippen LogP contribution is -2.28. The lowest BCUT2D eigenvalue weighted by molar-refractivity contribution is -0.134. The average molecular weight is 181 g/mol. The van der Waals surface area contributed by atoms with Crippen molar-refractivity contribution in [1.29, 1.82) is 0 Å². The zero-order valence-electron chi connectivity index (χ0n) is 7.95. The number of ether oxygens (including phenoxy) is 1. The topological polar surface area (TPSA) is 29.5 Å². The van der Waals surface area contributed by atoms with E-state index in [1.165, 1.54) is 25.6 Å². The van der Waals surface area contributed by atoms with E-state index in [9.17, 15) is 4.79 Å². The van der Waals surface area contributed by atoms with Gasteiger partial charge >= 0.3 is 5.97 Å². The van der Waals surface area contributed by atoms with Crippen molar-refractivity contribution in [3.63, 3.8) is 0 Å². The van der Waals surface area contributed by atoms with E-state index in [-0.39, 0.29) is 5.97 Å². The highest BCUT2D eigenvalue weighted by Gasteiger charge is 2.30. The Balaban J connectivity index is 2.07. The number of esters is 1. The molecule has 0 aromatic heterocycles. The van der Waals surface area contributed by atoms with Gasteiger partial charge in [-0.15, -0.1) is 0 Å². The van der Waals surface area contributed by atoms with Crippen molar-refractivity contribution >= 4 is 5.97 Å². The molecule has 2 rings (SSSR count). The highest BCUT2D eigenvalue weighted by atomic mass is 16.5. The number of fused-ring (bicyclic) bond motifs is 2. The van der Waals surface area contributed by atoms with Crippen LogP contribution in [-0.2, 0) is 9.53 Å². The van der Waals surface area contributed by atoms with Crippen molar-refractivity contribution in [2.75, 3.05) is 26.7 Å². The maximum Gasteiger partial charge on any atom is 0.330 e. The van der Waals surface area contributed by atoms with E-state index in [0.717, 1.165) is 19.5 Å². The van der Waals surface area contributed by atoms with Crippen molar-refractivity contribution in [2.24, 2.45) is 5.92 Å². The van der Waals surface area contributed by atoms with Gasteiger partial charge in [-0.2, -0.15) is 0 Å². The maximum absolute atomic E-state index is 11.0. The molecule has 2 unspecified atom stereocenters. The number of carbonyl (C=O) groups excluding carboxylic acids is 1. The lowest BCUT2D eigenvalue weighted by atomic mass is 9.93. The molecule has 3 heteroatoms. The zero-order chi connectivity index (χ0) is 9.26. The van der Waals surface area contributed by atoms with Gasteiger partial charge in [0.1, 0.15) is 0 Å². The number of hydrogen-bond acceptors (Lipinski definition) is 3. The van der Waals surface area contributed by atoms with Gasteiger partial charge in [0, 0.05) is 19.2 Å². The van der Waals surface area contributed by atoms with Crippen LogP contribution in [0.2, 0.25) is 0 Å². The van der Waals surface area contributed by atoms with Crippen LogP contribution < -0.4 is 0 Å². The third kappa shape index (κ3) is 1.75. The average Bonchev–Trinajstić information content (AvgIpc) is 2.54. The predicted octanol–water partition coefficient (Wildman–Crippen LogP) is 0.811. The highest BCUT2D eigenvalue weighted by Crippen LogP contribution is 2.31. The first kappa shape index (κ1) is 8.75. The van der Waals surface area contributed by atoms with Gasteiger partial charge in [-0.25, -0.2) is 4.79 Å². The van der Waals surface area contributed by atoms with Crippen molar-refractivity contribution in [3.05, 3.63) is 11.6 Å². The van der Waals surface area contributed by atoms with Gasteiger partial charge in [0.15, 0.2) is 0 Å². The smallest absolute Gasteiger partial charge is 0.330 e. The van der Waals surface area contributed by atoms with Gasteiger partial charge in [-0.05, 0) is 25.3 Å². The highest BCUT2D eigenvalue weighted by molar-refractivity contribution is 5.82. The van der Waals surface area contributed by atoms with Crippen LogP contribution in [0.25, 0.3) is 0 Å². The Hall–Kier alpha value is -0.830. The normalized spacial score (nSPS) is 35.0. The van der Waals surface area contributed by atoms with Crippen LogP contribution in [0.1, 0.15) is 12.8 Å². The quantitative estimate of drug-likeness (QED) is 0.443. The fourth-order valence-electron chi connectivity index (χ4n) is 2.23. The maximum atomic E-state index is 11.0. The molecule has 0 radical (unpaired) electrons. The van der Waals surface area contributed by atoms with Gasteiger partial charge in [0.05, 0.1) is 7.11 Å². The summed E-state index contributed by atoms with van der Waals surface area (Å²) < 4.78 is 4.63. The number of methoxy groups -OCH3 is 1. The van der Waals surface area contributed by atoms with Crippen LogP contribution in [0.4, 0.5) is 0 Å². The van der Waals surface area contributed by atoms with Crippen molar-refractivity contribution < 1.29 is 9.53 Å². The molecule has 0 saturated carbocycles. The first-order valence-corrected chi connectivity index (χ1v) is 4.80. The van der Waals surface area contributed by atoms with E-state index in [1.54, 1.807) is 6.08 Å². The molecule has 0 amide bonds. The fraction of sp³-hybridized carbons (Fsp3) is 0.700. The summed E-state index contributed by atoms with van der Waals surface area (Å²) in [5.74, 6) is 0.420. The van der Waals surface area contributed by atoms with Crippen LogP contribution in [0.5, 0.6) is 0 Å². The van der Waals surface area contributed by atoms with Crippen molar-refractivity contribution in [2.45, 2.75) is 12.8 Å². The Morgan fingerprint density at radius 2 is 2.46 bits per heavy atom. The summed E-state index contributed by atoms with van der Waals surface area (Å²) in [6, 6.07) is 0. The molecule has 72 valence electrons. The van der Waals surface area contributed by atoms with E-state index in [2.05, 4.69) is 9.64 Å².